The van der Waals surface area contributed by atoms with Crippen molar-refractivity contribution in [2.45, 2.75) is 25.7 Å². The van der Waals surface area contributed by atoms with Crippen molar-refractivity contribution < 1.29 is 9.59 Å². The Balaban J connectivity index is 1.60. The van der Waals surface area contributed by atoms with Gasteiger partial charge in [0.15, 0.2) is 5.13 Å². The number of likely N-dealkylation sites (tertiary alicyclic amines) is 1. The van der Waals surface area contributed by atoms with Gasteiger partial charge < -0.3 is 10.2 Å². The van der Waals surface area contributed by atoms with Crippen LogP contribution in [-0.2, 0) is 9.59 Å². The number of carbonyl (C=O) groups excluding carboxylic acids is 2. The molecule has 1 aliphatic rings. The molecular weight excluding hydrogens is 312 g/mol. The Morgan fingerprint density at radius 1 is 1.26 bits per heavy atom. The summed E-state index contributed by atoms with van der Waals surface area (Å²) in [6, 6.07) is 5.61. The van der Waals surface area contributed by atoms with E-state index in [1.54, 1.807) is 11.1 Å². The minimum atomic E-state index is -0.206. The van der Waals surface area contributed by atoms with E-state index < -0.39 is 0 Å². The second-order valence-electron chi connectivity index (χ2n) is 5.43. The Bertz CT molecular complexity index is 686. The SMILES string of the molecule is O=C(CN1CCCCCC1=O)Nc1nc(-c2ccccn2)cs1. The van der Waals surface area contributed by atoms with Crippen LogP contribution in [0.1, 0.15) is 25.7 Å². The summed E-state index contributed by atoms with van der Waals surface area (Å²) in [5.74, 6) is -0.145. The van der Waals surface area contributed by atoms with Gasteiger partial charge in [0, 0.05) is 24.5 Å². The summed E-state index contributed by atoms with van der Waals surface area (Å²) in [5, 5.41) is 5.15. The number of hydrogen-bond donors (Lipinski definition) is 1. The van der Waals surface area contributed by atoms with Gasteiger partial charge in [-0.15, -0.1) is 11.3 Å². The Morgan fingerprint density at radius 2 is 2.17 bits per heavy atom. The maximum absolute atomic E-state index is 12.1. The van der Waals surface area contributed by atoms with Crippen molar-refractivity contribution in [2.24, 2.45) is 0 Å². The van der Waals surface area contributed by atoms with Crippen LogP contribution in [0.15, 0.2) is 29.8 Å². The summed E-state index contributed by atoms with van der Waals surface area (Å²) >= 11 is 1.35. The van der Waals surface area contributed by atoms with Crippen LogP contribution in [-0.4, -0.2) is 39.8 Å². The number of rotatable bonds is 4. The summed E-state index contributed by atoms with van der Waals surface area (Å²) in [6.07, 6.45) is 5.16. The highest BCUT2D eigenvalue weighted by atomic mass is 32.1. The van der Waals surface area contributed by atoms with Gasteiger partial charge in [-0.2, -0.15) is 0 Å². The fourth-order valence-electron chi connectivity index (χ4n) is 2.50. The van der Waals surface area contributed by atoms with E-state index in [-0.39, 0.29) is 18.4 Å². The molecule has 0 atom stereocenters. The number of nitrogens with one attached hydrogen (secondary N) is 1. The van der Waals surface area contributed by atoms with Crippen LogP contribution in [0.3, 0.4) is 0 Å². The lowest BCUT2D eigenvalue weighted by Crippen LogP contribution is -2.37. The van der Waals surface area contributed by atoms with E-state index in [0.717, 1.165) is 30.7 Å². The summed E-state index contributed by atoms with van der Waals surface area (Å²) in [7, 11) is 0. The van der Waals surface area contributed by atoms with Crippen LogP contribution in [0.25, 0.3) is 11.4 Å². The summed E-state index contributed by atoms with van der Waals surface area (Å²) < 4.78 is 0. The van der Waals surface area contributed by atoms with Crippen molar-refractivity contribution in [3.63, 3.8) is 0 Å². The van der Waals surface area contributed by atoms with E-state index >= 15 is 0 Å². The first-order chi connectivity index (χ1) is 11.2. The highest BCUT2D eigenvalue weighted by Gasteiger charge is 2.19. The Hall–Kier alpha value is -2.28. The van der Waals surface area contributed by atoms with E-state index in [1.807, 2.05) is 23.6 Å². The largest absolute Gasteiger partial charge is 0.333 e. The molecule has 0 bridgehead atoms. The highest BCUT2D eigenvalue weighted by Crippen LogP contribution is 2.23. The van der Waals surface area contributed by atoms with Crippen molar-refractivity contribution in [3.8, 4) is 11.4 Å². The first-order valence-electron chi connectivity index (χ1n) is 7.67. The molecule has 120 valence electrons. The summed E-state index contributed by atoms with van der Waals surface area (Å²) in [4.78, 5) is 34.3. The molecule has 1 aliphatic heterocycles. The monoisotopic (exact) mass is 330 g/mol. The second kappa shape index (κ2) is 7.32. The van der Waals surface area contributed by atoms with Crippen LogP contribution < -0.4 is 5.32 Å². The van der Waals surface area contributed by atoms with Gasteiger partial charge in [-0.25, -0.2) is 4.98 Å². The maximum Gasteiger partial charge on any atom is 0.245 e. The number of pyridine rings is 1. The predicted molar refractivity (Wildman–Crippen MR) is 89.0 cm³/mol. The predicted octanol–water partition coefficient (Wildman–Crippen LogP) is 2.55. The Morgan fingerprint density at radius 3 is 3.00 bits per heavy atom. The average Bonchev–Trinajstić information content (AvgIpc) is 2.93. The number of carbonyl (C=O) groups is 2. The molecule has 2 aromatic heterocycles. The normalized spacial score (nSPS) is 15.3. The third-order valence-corrected chi connectivity index (χ3v) is 4.44. The van der Waals surface area contributed by atoms with E-state index in [9.17, 15) is 9.59 Å². The van der Waals surface area contributed by atoms with Crippen LogP contribution in [0.5, 0.6) is 0 Å². The van der Waals surface area contributed by atoms with Gasteiger partial charge in [-0.3, -0.25) is 14.6 Å². The number of anilines is 1. The van der Waals surface area contributed by atoms with Crippen LogP contribution in [0.2, 0.25) is 0 Å². The molecule has 0 aliphatic carbocycles. The standard InChI is InChI=1S/C16H18N4O2S/c21-14(10-20-9-5-1-2-7-15(20)22)19-16-18-13(11-23-16)12-6-3-4-8-17-12/h3-4,6,8,11H,1-2,5,7,9-10H2,(H,18,19,21). The fourth-order valence-corrected chi connectivity index (χ4v) is 3.22. The summed E-state index contributed by atoms with van der Waals surface area (Å²) in [5.41, 5.74) is 1.50. The van der Waals surface area contributed by atoms with Gasteiger partial charge in [-0.1, -0.05) is 12.5 Å². The summed E-state index contributed by atoms with van der Waals surface area (Å²) in [6.45, 7) is 0.751. The van der Waals surface area contributed by atoms with Crippen molar-refractivity contribution in [2.75, 3.05) is 18.4 Å². The van der Waals surface area contributed by atoms with Gasteiger partial charge >= 0.3 is 0 Å². The molecule has 0 saturated carbocycles. The molecule has 23 heavy (non-hydrogen) atoms. The Labute approximate surface area is 138 Å². The number of thiazole rings is 1. The molecule has 1 N–H and O–H groups in total. The maximum atomic E-state index is 12.1. The Kier molecular flexibility index (Phi) is 4.97. The number of hydrogen-bond acceptors (Lipinski definition) is 5. The zero-order valence-electron chi connectivity index (χ0n) is 12.7. The topological polar surface area (TPSA) is 75.2 Å². The lowest BCUT2D eigenvalue weighted by molar-refractivity contribution is -0.134. The third-order valence-electron chi connectivity index (χ3n) is 3.68. The molecule has 0 radical (unpaired) electrons. The van der Waals surface area contributed by atoms with E-state index in [0.29, 0.717) is 18.1 Å². The smallest absolute Gasteiger partial charge is 0.245 e. The molecular formula is C16H18N4O2S. The molecule has 0 aromatic carbocycles. The van der Waals surface area contributed by atoms with Crippen LogP contribution in [0, 0.1) is 0 Å². The molecule has 7 heteroatoms. The van der Waals surface area contributed by atoms with Crippen molar-refractivity contribution >= 4 is 28.3 Å². The van der Waals surface area contributed by atoms with Crippen molar-refractivity contribution in [3.05, 3.63) is 29.8 Å². The lowest BCUT2D eigenvalue weighted by Gasteiger charge is -2.19. The molecule has 0 unspecified atom stereocenters. The molecule has 1 saturated heterocycles. The fraction of sp³-hybridized carbons (Fsp3) is 0.375. The van der Waals surface area contributed by atoms with E-state index in [1.165, 1.54) is 11.3 Å². The van der Waals surface area contributed by atoms with Crippen LogP contribution >= 0.6 is 11.3 Å². The van der Waals surface area contributed by atoms with Gasteiger partial charge in [0.1, 0.15) is 5.69 Å². The van der Waals surface area contributed by atoms with Gasteiger partial charge in [0.25, 0.3) is 0 Å². The van der Waals surface area contributed by atoms with E-state index in [2.05, 4.69) is 15.3 Å². The van der Waals surface area contributed by atoms with Crippen molar-refractivity contribution in [1.29, 1.82) is 0 Å². The molecule has 3 heterocycles. The second-order valence-corrected chi connectivity index (χ2v) is 6.29. The third kappa shape index (κ3) is 4.13. The van der Waals surface area contributed by atoms with Gasteiger partial charge in [0.05, 0.1) is 12.2 Å². The van der Waals surface area contributed by atoms with E-state index in [4.69, 9.17) is 0 Å². The number of nitrogens with zero attached hydrogens (tertiary/aromatic N) is 3. The molecule has 0 spiro atoms. The minimum absolute atomic E-state index is 0.0611. The first-order valence-corrected chi connectivity index (χ1v) is 8.55. The number of amides is 2. The zero-order valence-corrected chi connectivity index (χ0v) is 13.5. The van der Waals surface area contributed by atoms with Crippen LogP contribution in [0.4, 0.5) is 5.13 Å². The number of aromatic nitrogens is 2. The molecule has 2 amide bonds. The molecule has 1 fully saturated rings. The van der Waals surface area contributed by atoms with Gasteiger partial charge in [0.2, 0.25) is 11.8 Å². The highest BCUT2D eigenvalue weighted by molar-refractivity contribution is 7.14. The minimum Gasteiger partial charge on any atom is -0.333 e. The zero-order chi connectivity index (χ0) is 16.1. The quantitative estimate of drug-likeness (QED) is 0.935. The molecule has 3 rings (SSSR count). The molecule has 6 nitrogen and oxygen atoms in total. The lowest BCUT2D eigenvalue weighted by atomic mass is 10.2. The van der Waals surface area contributed by atoms with Gasteiger partial charge in [-0.05, 0) is 25.0 Å². The first kappa shape index (κ1) is 15.6. The molecule has 2 aromatic rings. The van der Waals surface area contributed by atoms with Crippen molar-refractivity contribution in [1.82, 2.24) is 14.9 Å². The average molecular weight is 330 g/mol.